The molecule has 150 valence electrons. The Kier molecular flexibility index (Phi) is 5.05. The van der Waals surface area contributed by atoms with Crippen molar-refractivity contribution in [1.82, 2.24) is 14.8 Å². The number of carbonyl (C=O) groups is 2. The monoisotopic (exact) mass is 393 g/mol. The van der Waals surface area contributed by atoms with Gasteiger partial charge in [-0.25, -0.2) is 19.3 Å². The molecule has 7 nitrogen and oxygen atoms in total. The first-order valence-electron chi connectivity index (χ1n) is 9.71. The predicted molar refractivity (Wildman–Crippen MR) is 107 cm³/mol. The smallest absolute Gasteiger partial charge is 0.351 e. The minimum Gasteiger partial charge on any atom is -0.466 e. The molecule has 1 saturated carbocycles. The number of benzene rings is 1. The molecule has 0 N–H and O–H groups in total. The van der Waals surface area contributed by atoms with Crippen molar-refractivity contribution in [3.8, 4) is 0 Å². The number of aromatic nitrogens is 3. The zero-order chi connectivity index (χ0) is 20.5. The van der Waals surface area contributed by atoms with E-state index in [4.69, 9.17) is 14.5 Å². The van der Waals surface area contributed by atoms with Crippen LogP contribution in [0.25, 0.3) is 11.0 Å². The molecule has 1 fully saturated rings. The van der Waals surface area contributed by atoms with Gasteiger partial charge in [0.15, 0.2) is 5.65 Å². The molecule has 2 heterocycles. The van der Waals surface area contributed by atoms with E-state index >= 15 is 0 Å². The summed E-state index contributed by atoms with van der Waals surface area (Å²) in [6.45, 7) is 4.03. The lowest BCUT2D eigenvalue weighted by atomic mass is 10.1. The number of carbonyl (C=O) groups excluding carboxylic acids is 2. The number of hydrogen-bond donors (Lipinski definition) is 0. The third-order valence-electron chi connectivity index (χ3n) is 5.03. The van der Waals surface area contributed by atoms with Gasteiger partial charge < -0.3 is 9.47 Å². The first-order valence-corrected chi connectivity index (χ1v) is 9.71. The van der Waals surface area contributed by atoms with Gasteiger partial charge >= 0.3 is 11.9 Å². The summed E-state index contributed by atoms with van der Waals surface area (Å²) in [4.78, 5) is 30.2. The highest BCUT2D eigenvalue weighted by Gasteiger charge is 2.31. The number of nitrogens with zero attached hydrogens (tertiary/aromatic N) is 3. The average Bonchev–Trinajstić information content (AvgIpc) is 3.49. The van der Waals surface area contributed by atoms with E-state index in [9.17, 15) is 9.59 Å². The number of fused-ring (bicyclic) bond motifs is 1. The van der Waals surface area contributed by atoms with Crippen LogP contribution in [-0.2, 0) is 14.3 Å². The molecule has 0 amide bonds. The second-order valence-electron chi connectivity index (χ2n) is 7.51. The number of methoxy groups -OCH3 is 1. The molecule has 0 spiro atoms. The van der Waals surface area contributed by atoms with Crippen molar-refractivity contribution in [2.24, 2.45) is 0 Å². The molecule has 29 heavy (non-hydrogen) atoms. The Bertz CT molecular complexity index is 1050. The first-order chi connectivity index (χ1) is 14.0. The quantitative estimate of drug-likeness (QED) is 0.590. The Hall–Kier alpha value is -3.22. The summed E-state index contributed by atoms with van der Waals surface area (Å²) in [5.41, 5.74) is 2.44. The SMILES string of the molecule is COC(=O)[C@@H](OC(=O)c1cc(C2CC2)nc2c1cnn2C(C)C)c1ccccc1. The molecule has 1 aliphatic carbocycles. The molecule has 0 radical (unpaired) electrons. The number of rotatable bonds is 6. The van der Waals surface area contributed by atoms with Crippen molar-refractivity contribution in [1.29, 1.82) is 0 Å². The van der Waals surface area contributed by atoms with Gasteiger partial charge in [0.2, 0.25) is 6.10 Å². The maximum absolute atomic E-state index is 13.1. The Morgan fingerprint density at radius 1 is 1.17 bits per heavy atom. The molecule has 0 aliphatic heterocycles. The number of ether oxygens (including phenoxy) is 2. The summed E-state index contributed by atoms with van der Waals surface area (Å²) >= 11 is 0. The molecule has 1 aromatic carbocycles. The molecular formula is C22H23N3O4. The van der Waals surface area contributed by atoms with Crippen molar-refractivity contribution in [3.63, 3.8) is 0 Å². The van der Waals surface area contributed by atoms with Crippen LogP contribution in [0.3, 0.4) is 0 Å². The van der Waals surface area contributed by atoms with E-state index in [0.29, 0.717) is 28.1 Å². The second kappa shape index (κ2) is 7.66. The zero-order valence-corrected chi connectivity index (χ0v) is 16.7. The van der Waals surface area contributed by atoms with Gasteiger partial charge in [0, 0.05) is 23.2 Å². The molecule has 2 aromatic heterocycles. The fourth-order valence-electron chi connectivity index (χ4n) is 3.33. The summed E-state index contributed by atoms with van der Waals surface area (Å²) in [7, 11) is 1.27. The largest absolute Gasteiger partial charge is 0.466 e. The van der Waals surface area contributed by atoms with Gasteiger partial charge in [-0.1, -0.05) is 30.3 Å². The summed E-state index contributed by atoms with van der Waals surface area (Å²) in [5.74, 6) is -0.871. The van der Waals surface area contributed by atoms with Crippen molar-refractivity contribution in [2.75, 3.05) is 7.11 Å². The van der Waals surface area contributed by atoms with Gasteiger partial charge in [-0.2, -0.15) is 5.10 Å². The van der Waals surface area contributed by atoms with Crippen molar-refractivity contribution in [3.05, 3.63) is 59.4 Å². The summed E-state index contributed by atoms with van der Waals surface area (Å²) in [6, 6.07) is 10.7. The van der Waals surface area contributed by atoms with Gasteiger partial charge in [0.05, 0.1) is 24.3 Å². The molecular weight excluding hydrogens is 370 g/mol. The number of esters is 2. The van der Waals surface area contributed by atoms with E-state index in [1.165, 1.54) is 7.11 Å². The lowest BCUT2D eigenvalue weighted by Gasteiger charge is -2.17. The van der Waals surface area contributed by atoms with Gasteiger partial charge in [0.1, 0.15) is 0 Å². The molecule has 0 unspecified atom stereocenters. The molecule has 4 rings (SSSR count). The minimum atomic E-state index is -1.14. The van der Waals surface area contributed by atoms with Gasteiger partial charge in [0.25, 0.3) is 0 Å². The third-order valence-corrected chi connectivity index (χ3v) is 5.03. The van der Waals surface area contributed by atoms with Crippen LogP contribution >= 0.6 is 0 Å². The molecule has 0 bridgehead atoms. The molecule has 1 aliphatic rings. The Labute approximate surface area is 168 Å². The molecule has 0 saturated heterocycles. The maximum atomic E-state index is 13.1. The van der Waals surface area contributed by atoms with Gasteiger partial charge in [-0.05, 0) is 32.8 Å². The molecule has 7 heteroatoms. The maximum Gasteiger partial charge on any atom is 0.351 e. The van der Waals surface area contributed by atoms with E-state index in [2.05, 4.69) is 5.10 Å². The van der Waals surface area contributed by atoms with E-state index in [1.54, 1.807) is 41.2 Å². The third kappa shape index (κ3) is 3.72. The second-order valence-corrected chi connectivity index (χ2v) is 7.51. The fourth-order valence-corrected chi connectivity index (χ4v) is 3.33. The van der Waals surface area contributed by atoms with Crippen LogP contribution in [0.4, 0.5) is 0 Å². The van der Waals surface area contributed by atoms with E-state index in [0.717, 1.165) is 18.5 Å². The highest BCUT2D eigenvalue weighted by atomic mass is 16.6. The van der Waals surface area contributed by atoms with Crippen molar-refractivity contribution in [2.45, 2.75) is 44.8 Å². The zero-order valence-electron chi connectivity index (χ0n) is 16.7. The van der Waals surface area contributed by atoms with Crippen molar-refractivity contribution < 1.29 is 19.1 Å². The predicted octanol–water partition coefficient (Wildman–Crippen LogP) is 3.96. The highest BCUT2D eigenvalue weighted by molar-refractivity contribution is 6.03. The van der Waals surface area contributed by atoms with Crippen LogP contribution in [0.2, 0.25) is 0 Å². The van der Waals surface area contributed by atoms with E-state index in [1.807, 2.05) is 19.9 Å². The Morgan fingerprint density at radius 3 is 2.52 bits per heavy atom. The van der Waals surface area contributed by atoms with E-state index < -0.39 is 18.0 Å². The first kappa shape index (κ1) is 19.1. The van der Waals surface area contributed by atoms with Gasteiger partial charge in [-0.15, -0.1) is 0 Å². The summed E-state index contributed by atoms with van der Waals surface area (Å²) < 4.78 is 12.3. The van der Waals surface area contributed by atoms with Crippen LogP contribution < -0.4 is 0 Å². The fraction of sp³-hybridized carbons (Fsp3) is 0.364. The topological polar surface area (TPSA) is 83.3 Å². The Morgan fingerprint density at radius 2 is 1.90 bits per heavy atom. The van der Waals surface area contributed by atoms with Crippen LogP contribution in [0, 0.1) is 0 Å². The highest BCUT2D eigenvalue weighted by Crippen LogP contribution is 2.40. The molecule has 3 aromatic rings. The molecule has 1 atom stereocenters. The van der Waals surface area contributed by atoms with Crippen LogP contribution in [-0.4, -0.2) is 33.8 Å². The number of hydrogen-bond acceptors (Lipinski definition) is 6. The van der Waals surface area contributed by atoms with Crippen molar-refractivity contribution >= 4 is 23.0 Å². The van der Waals surface area contributed by atoms with Gasteiger partial charge in [-0.3, -0.25) is 0 Å². The minimum absolute atomic E-state index is 0.102. The lowest BCUT2D eigenvalue weighted by Crippen LogP contribution is -2.21. The van der Waals surface area contributed by atoms with Crippen LogP contribution in [0.15, 0.2) is 42.6 Å². The van der Waals surface area contributed by atoms with E-state index in [-0.39, 0.29) is 6.04 Å². The van der Waals surface area contributed by atoms with Crippen LogP contribution in [0.5, 0.6) is 0 Å². The van der Waals surface area contributed by atoms with Crippen LogP contribution in [0.1, 0.15) is 66.4 Å². The standard InChI is InChI=1S/C22H23N3O4/c1-13(2)25-20-17(12-23-25)16(11-18(24-20)14-9-10-14)21(26)29-19(22(27)28-3)15-7-5-4-6-8-15/h4-8,11-14,19H,9-10H2,1-3H3/t19-/m0/s1. The normalized spacial score (nSPS) is 14.8. The summed E-state index contributed by atoms with van der Waals surface area (Å²) in [6.07, 6.45) is 2.60. The summed E-state index contributed by atoms with van der Waals surface area (Å²) in [5, 5.41) is 5.02. The number of pyridine rings is 1. The average molecular weight is 393 g/mol. The Balaban J connectivity index is 1.75. The lowest BCUT2D eigenvalue weighted by molar-refractivity contribution is -0.151.